The van der Waals surface area contributed by atoms with E-state index in [0.29, 0.717) is 38.8 Å². The van der Waals surface area contributed by atoms with Gasteiger partial charge in [0.15, 0.2) is 9.84 Å². The molecule has 0 spiro atoms. The predicted molar refractivity (Wildman–Crippen MR) is 250 cm³/mol. The molecule has 66 heavy (non-hydrogen) atoms. The average molecular weight is 945 g/mol. The zero-order chi connectivity index (χ0) is 49.0. The number of piperidine rings is 1. The normalized spacial score (nSPS) is 22.6. The number of ether oxygens (including phenoxy) is 2. The van der Waals surface area contributed by atoms with E-state index in [1.165, 1.54) is 14.2 Å². The maximum absolute atomic E-state index is 14.6. The number of carboxylic acids is 1. The molecule has 2 saturated heterocycles. The molecular weight excluding hydrogens is 869 g/mol. The van der Waals surface area contributed by atoms with Gasteiger partial charge < -0.3 is 44.8 Å². The summed E-state index contributed by atoms with van der Waals surface area (Å²) in [5.74, 6) is -4.21. The fourth-order valence-corrected chi connectivity index (χ4v) is 10.9. The third-order valence-electron chi connectivity index (χ3n) is 14.2. The van der Waals surface area contributed by atoms with E-state index in [0.717, 1.165) is 23.8 Å². The first kappa shape index (κ1) is 54.2. The zero-order valence-electron chi connectivity index (χ0n) is 40.5. The van der Waals surface area contributed by atoms with E-state index in [9.17, 15) is 42.3 Å². The Morgan fingerprint density at radius 1 is 0.955 bits per heavy atom. The number of fused-ring (bicyclic) bond motifs is 2. The molecule has 18 heteroatoms. The Morgan fingerprint density at radius 3 is 2.23 bits per heavy atom. The molecule has 1 aromatic rings. The van der Waals surface area contributed by atoms with Gasteiger partial charge in [0.05, 0.1) is 42.4 Å². The van der Waals surface area contributed by atoms with Gasteiger partial charge in [-0.15, -0.1) is 0 Å². The summed E-state index contributed by atoms with van der Waals surface area (Å²) in [4.78, 5) is 89.5. The molecule has 2 bridgehead atoms. The van der Waals surface area contributed by atoms with Gasteiger partial charge in [0.2, 0.25) is 29.5 Å². The Balaban J connectivity index is 1.45. The Morgan fingerprint density at radius 2 is 1.64 bits per heavy atom. The lowest BCUT2D eigenvalue weighted by Crippen LogP contribution is -2.60. The summed E-state index contributed by atoms with van der Waals surface area (Å²) in [6.07, 6.45) is 2.85. The second-order valence-corrected chi connectivity index (χ2v) is 21.0. The molecule has 0 aromatic heterocycles. The van der Waals surface area contributed by atoms with Crippen molar-refractivity contribution in [3.05, 3.63) is 47.9 Å². The van der Waals surface area contributed by atoms with Gasteiger partial charge in [-0.25, -0.2) is 13.2 Å². The van der Waals surface area contributed by atoms with Gasteiger partial charge in [0, 0.05) is 65.2 Å². The molecule has 370 valence electrons. The van der Waals surface area contributed by atoms with E-state index in [1.54, 1.807) is 64.9 Å². The molecule has 5 amide bonds. The molecule has 7 unspecified atom stereocenters. The minimum atomic E-state index is -3.39. The number of rotatable bonds is 26. The zero-order valence-corrected chi connectivity index (χ0v) is 41.3. The molecule has 11 atom stereocenters. The lowest BCUT2D eigenvalue weighted by molar-refractivity contribution is -0.149. The minimum Gasteiger partial charge on any atom is -0.480 e. The number of sulfone groups is 1. The number of nitrogens with zero attached hydrogens (tertiary/aromatic N) is 4. The van der Waals surface area contributed by atoms with Gasteiger partial charge in [0.25, 0.3) is 0 Å². The quantitative estimate of drug-likeness (QED) is 0.122. The molecule has 3 N–H and O–H groups in total. The Bertz CT molecular complexity index is 1950. The molecule has 2 heterocycles. The maximum atomic E-state index is 14.6. The molecule has 2 aliphatic heterocycles. The molecule has 3 fully saturated rings. The van der Waals surface area contributed by atoms with E-state index in [2.05, 4.69) is 17.2 Å². The highest BCUT2D eigenvalue weighted by Gasteiger charge is 2.52. The standard InChI is InChI=1S/C48H76N6O11S/c1-11-31(5)42(38(64-9)29-40(56)53-23-16-19-37(53)44(65-10)32(6)45(57)49-36(48(60)61)27-33-17-14-13-15-18-33)52(8)47(59)41(30(3)4)50-46(58)43-34-20-21-35(28-34)54(43)39(55)22-24-51(7)25-26-66(62,63)12-2/h12-15,17-18,30-32,34-38,41-44H,2,11,16,19-29H2,1,3-10H3,(H,49,57)(H,50,58)(H,60,61)/t31?,32?,34-,35+,36?,37-,38?,41?,42?,43-,44?/m0/s1. The van der Waals surface area contributed by atoms with E-state index in [1.807, 2.05) is 33.8 Å². The number of amides is 5. The van der Waals surface area contributed by atoms with Crippen LogP contribution in [0, 0.1) is 23.7 Å². The largest absolute Gasteiger partial charge is 0.480 e. The van der Waals surface area contributed by atoms with E-state index >= 15 is 0 Å². The number of likely N-dealkylation sites (tertiary alicyclic amines) is 2. The number of methoxy groups -OCH3 is 2. The summed E-state index contributed by atoms with van der Waals surface area (Å²) in [6.45, 7) is 13.7. The number of aliphatic carboxylic acids is 1. The SMILES string of the molecule is C=CS(=O)(=O)CCN(C)CCC(=O)N1[C@@H]2CC[C@@H](C2)[C@H]1C(=O)NC(C(=O)N(C)C(C(C)CC)C(CC(=O)N1CCC[C@H]1C(OC)C(C)C(=O)NC(Cc1ccccc1)C(=O)O)OC)C(C)C. The topological polar surface area (TPSA) is 212 Å². The number of carbonyl (C=O) groups is 6. The second-order valence-electron chi connectivity index (χ2n) is 19.0. The van der Waals surface area contributed by atoms with Crippen LogP contribution in [-0.2, 0) is 54.5 Å². The van der Waals surface area contributed by atoms with Crippen molar-refractivity contribution < 1.29 is 51.8 Å². The number of hydrogen-bond donors (Lipinski definition) is 3. The fourth-order valence-electron chi connectivity index (χ4n) is 10.2. The first-order valence-corrected chi connectivity index (χ1v) is 25.3. The highest BCUT2D eigenvalue weighted by Crippen LogP contribution is 2.43. The Labute approximate surface area is 392 Å². The molecule has 17 nitrogen and oxygen atoms in total. The van der Waals surface area contributed by atoms with Crippen molar-refractivity contribution in [3.63, 3.8) is 0 Å². The van der Waals surface area contributed by atoms with Crippen LogP contribution in [0.15, 0.2) is 42.3 Å². The van der Waals surface area contributed by atoms with Crippen LogP contribution in [0.3, 0.4) is 0 Å². The number of nitrogens with one attached hydrogen (secondary N) is 2. The van der Waals surface area contributed by atoms with Gasteiger partial charge in [-0.2, -0.15) is 0 Å². The van der Waals surface area contributed by atoms with Crippen molar-refractivity contribution in [1.29, 1.82) is 0 Å². The van der Waals surface area contributed by atoms with Gasteiger partial charge in [0.1, 0.15) is 18.1 Å². The number of hydrogen-bond acceptors (Lipinski definition) is 11. The monoisotopic (exact) mass is 945 g/mol. The van der Waals surface area contributed by atoms with Crippen molar-refractivity contribution in [1.82, 2.24) is 30.2 Å². The Hall–Kier alpha value is -4.39. The Kier molecular flexibility index (Phi) is 20.2. The fraction of sp³-hybridized carbons (Fsp3) is 0.708. The van der Waals surface area contributed by atoms with Crippen LogP contribution in [0.25, 0.3) is 0 Å². The van der Waals surface area contributed by atoms with Crippen LogP contribution in [0.1, 0.15) is 91.5 Å². The molecule has 3 aliphatic rings. The van der Waals surface area contributed by atoms with Crippen molar-refractivity contribution in [2.75, 3.05) is 53.7 Å². The highest BCUT2D eigenvalue weighted by molar-refractivity contribution is 7.94. The van der Waals surface area contributed by atoms with Crippen LogP contribution in [-0.4, -0.2) is 171 Å². The molecule has 4 rings (SSSR count). The van der Waals surface area contributed by atoms with Crippen molar-refractivity contribution in [3.8, 4) is 0 Å². The maximum Gasteiger partial charge on any atom is 0.326 e. The predicted octanol–water partition coefficient (Wildman–Crippen LogP) is 3.12. The van der Waals surface area contributed by atoms with Crippen LogP contribution >= 0.6 is 0 Å². The lowest BCUT2D eigenvalue weighted by atomic mass is 9.89. The summed E-state index contributed by atoms with van der Waals surface area (Å²) in [7, 11) is 3.02. The van der Waals surface area contributed by atoms with Gasteiger partial charge in [-0.05, 0) is 62.5 Å². The highest BCUT2D eigenvalue weighted by atomic mass is 32.2. The van der Waals surface area contributed by atoms with E-state index < -0.39 is 70.0 Å². The van der Waals surface area contributed by atoms with Crippen molar-refractivity contribution in [2.45, 2.75) is 141 Å². The molecule has 1 aliphatic carbocycles. The van der Waals surface area contributed by atoms with Gasteiger partial charge in [-0.1, -0.05) is 78.0 Å². The number of benzene rings is 1. The number of carboxylic acid groups (broad SMARTS) is 1. The second kappa shape index (κ2) is 24.6. The molecule has 1 aromatic carbocycles. The third-order valence-corrected chi connectivity index (χ3v) is 15.5. The summed E-state index contributed by atoms with van der Waals surface area (Å²) >= 11 is 0. The van der Waals surface area contributed by atoms with Gasteiger partial charge >= 0.3 is 5.97 Å². The molecular formula is C48H76N6O11S. The van der Waals surface area contributed by atoms with Crippen molar-refractivity contribution >= 4 is 45.3 Å². The van der Waals surface area contributed by atoms with Crippen molar-refractivity contribution in [2.24, 2.45) is 23.7 Å². The first-order chi connectivity index (χ1) is 31.2. The first-order valence-electron chi connectivity index (χ1n) is 23.5. The van der Waals surface area contributed by atoms with Crippen LogP contribution in [0.2, 0.25) is 0 Å². The number of carbonyl (C=O) groups excluding carboxylic acids is 5. The summed E-state index contributed by atoms with van der Waals surface area (Å²) in [6, 6.07) is 5.08. The van der Waals surface area contributed by atoms with E-state index in [-0.39, 0.29) is 79.0 Å². The molecule has 1 saturated carbocycles. The van der Waals surface area contributed by atoms with E-state index in [4.69, 9.17) is 9.47 Å². The average Bonchev–Trinajstić information content (AvgIpc) is 4.07. The number of likely N-dealkylation sites (N-methyl/N-ethyl adjacent to an activating group) is 1. The summed E-state index contributed by atoms with van der Waals surface area (Å²) < 4.78 is 35.8. The minimum absolute atomic E-state index is 0.0439. The third kappa shape index (κ3) is 13.6. The molecule has 0 radical (unpaired) electrons. The van der Waals surface area contributed by atoms with Gasteiger partial charge in [-0.3, -0.25) is 24.0 Å². The van der Waals surface area contributed by atoms with Crippen LogP contribution in [0.5, 0.6) is 0 Å². The summed E-state index contributed by atoms with van der Waals surface area (Å²) in [5.41, 5.74) is 0.765. The van der Waals surface area contributed by atoms with Crippen LogP contribution < -0.4 is 10.6 Å². The van der Waals surface area contributed by atoms with Crippen LogP contribution in [0.4, 0.5) is 0 Å². The smallest absolute Gasteiger partial charge is 0.326 e. The lowest BCUT2D eigenvalue weighted by Gasteiger charge is -2.41. The summed E-state index contributed by atoms with van der Waals surface area (Å²) in [5, 5.41) is 16.6.